The summed E-state index contributed by atoms with van der Waals surface area (Å²) in [4.78, 5) is 37.0. The molecule has 1 aliphatic heterocycles. The Kier molecular flexibility index (Phi) is 5.23. The van der Waals surface area contributed by atoms with Crippen molar-refractivity contribution in [1.82, 2.24) is 20.3 Å². The Hall–Kier alpha value is -1.83. The van der Waals surface area contributed by atoms with E-state index in [-0.39, 0.29) is 23.6 Å². The maximum Gasteiger partial charge on any atom is 0.286 e. The van der Waals surface area contributed by atoms with Crippen LogP contribution in [-0.4, -0.2) is 40.3 Å². The summed E-state index contributed by atoms with van der Waals surface area (Å²) in [7, 11) is 1.75. The smallest absolute Gasteiger partial charge is 0.286 e. The van der Waals surface area contributed by atoms with Gasteiger partial charge in [0.15, 0.2) is 0 Å². The van der Waals surface area contributed by atoms with Crippen LogP contribution in [0.15, 0.2) is 16.7 Å². The number of hydrazine groups is 1. The van der Waals surface area contributed by atoms with Gasteiger partial charge in [0, 0.05) is 43.6 Å². The number of rotatable bonds is 2. The molecule has 3 amide bonds. The van der Waals surface area contributed by atoms with Crippen LogP contribution in [0.2, 0.25) is 0 Å². The molecule has 0 aliphatic carbocycles. The van der Waals surface area contributed by atoms with E-state index in [2.05, 4.69) is 26.8 Å². The van der Waals surface area contributed by atoms with E-state index < -0.39 is 0 Å². The fourth-order valence-electron chi connectivity index (χ4n) is 2.49. The molecule has 0 aromatic carbocycles. The average molecular weight is 371 g/mol. The molecule has 0 atom stereocenters. The van der Waals surface area contributed by atoms with E-state index in [0.29, 0.717) is 31.6 Å². The number of hydrogen-bond donors (Lipinski definition) is 2. The minimum absolute atomic E-state index is 0.0291. The van der Waals surface area contributed by atoms with Crippen LogP contribution in [0.5, 0.6) is 0 Å². The zero-order chi connectivity index (χ0) is 16.3. The van der Waals surface area contributed by atoms with Crippen molar-refractivity contribution >= 4 is 33.7 Å². The first kappa shape index (κ1) is 16.5. The first-order chi connectivity index (χ1) is 10.4. The van der Waals surface area contributed by atoms with Gasteiger partial charge in [0.05, 0.1) is 0 Å². The van der Waals surface area contributed by atoms with Crippen LogP contribution in [0.3, 0.4) is 0 Å². The van der Waals surface area contributed by atoms with Crippen molar-refractivity contribution in [3.05, 3.63) is 22.4 Å². The predicted octanol–water partition coefficient (Wildman–Crippen LogP) is 0.807. The summed E-state index contributed by atoms with van der Waals surface area (Å²) in [5.74, 6) is -0.745. The lowest BCUT2D eigenvalue weighted by atomic mass is 9.96. The number of carbonyl (C=O) groups is 3. The fraction of sp³-hybridized carbons (Fsp3) is 0.500. The third-order valence-electron chi connectivity index (χ3n) is 3.81. The molecule has 8 heteroatoms. The number of amides is 3. The molecule has 1 saturated heterocycles. The van der Waals surface area contributed by atoms with E-state index in [1.165, 1.54) is 6.92 Å². The van der Waals surface area contributed by atoms with Crippen LogP contribution in [0.4, 0.5) is 0 Å². The number of halogens is 1. The monoisotopic (exact) mass is 370 g/mol. The van der Waals surface area contributed by atoms with Crippen LogP contribution >= 0.6 is 15.9 Å². The van der Waals surface area contributed by atoms with Crippen LogP contribution < -0.4 is 10.9 Å². The Morgan fingerprint density at radius 3 is 2.36 bits per heavy atom. The highest BCUT2D eigenvalue weighted by Crippen LogP contribution is 2.17. The molecule has 1 aliphatic rings. The highest BCUT2D eigenvalue weighted by atomic mass is 79.9. The SMILES string of the molecule is CC(=O)N1CCC(C(=O)NNC(=O)c2cc(Br)cn2C)CC1. The predicted molar refractivity (Wildman–Crippen MR) is 83.7 cm³/mol. The van der Waals surface area contributed by atoms with Gasteiger partial charge in [0.25, 0.3) is 5.91 Å². The second-order valence-corrected chi connectivity index (χ2v) is 6.29. The minimum atomic E-state index is -0.372. The molecule has 1 aromatic rings. The Bertz CT molecular complexity index is 591. The molecule has 22 heavy (non-hydrogen) atoms. The van der Waals surface area contributed by atoms with E-state index in [1.54, 1.807) is 28.8 Å². The fourth-order valence-corrected chi connectivity index (χ4v) is 3.01. The quantitative estimate of drug-likeness (QED) is 0.755. The van der Waals surface area contributed by atoms with E-state index >= 15 is 0 Å². The lowest BCUT2D eigenvalue weighted by Gasteiger charge is -2.30. The number of piperidine rings is 1. The standard InChI is InChI=1S/C14H19BrN4O3/c1-9(20)19-5-3-10(4-6-19)13(21)16-17-14(22)12-7-11(15)8-18(12)2/h7-8,10H,3-6H2,1-2H3,(H,16,21)(H,17,22). The maximum absolute atomic E-state index is 12.1. The second-order valence-electron chi connectivity index (χ2n) is 5.38. The van der Waals surface area contributed by atoms with Gasteiger partial charge in [-0.05, 0) is 34.8 Å². The largest absolute Gasteiger partial charge is 0.345 e. The van der Waals surface area contributed by atoms with E-state index in [4.69, 9.17) is 0 Å². The molecule has 120 valence electrons. The van der Waals surface area contributed by atoms with Gasteiger partial charge < -0.3 is 9.47 Å². The third kappa shape index (κ3) is 3.88. The third-order valence-corrected chi connectivity index (χ3v) is 4.25. The summed E-state index contributed by atoms with van der Waals surface area (Å²) in [5.41, 5.74) is 5.33. The normalized spacial score (nSPS) is 15.5. The molecule has 7 nitrogen and oxygen atoms in total. The number of carbonyl (C=O) groups excluding carboxylic acids is 3. The molecule has 1 fully saturated rings. The summed E-state index contributed by atoms with van der Waals surface area (Å²) in [6, 6.07) is 1.67. The topological polar surface area (TPSA) is 83.4 Å². The molecule has 0 unspecified atom stereocenters. The number of aromatic nitrogens is 1. The van der Waals surface area contributed by atoms with Crippen molar-refractivity contribution < 1.29 is 14.4 Å². The summed E-state index contributed by atoms with van der Waals surface area (Å²) in [6.45, 7) is 2.68. The molecular formula is C14H19BrN4O3. The first-order valence-electron chi connectivity index (χ1n) is 7.06. The first-order valence-corrected chi connectivity index (χ1v) is 7.85. The highest BCUT2D eigenvalue weighted by Gasteiger charge is 2.26. The molecule has 1 aromatic heterocycles. The highest BCUT2D eigenvalue weighted by molar-refractivity contribution is 9.10. The number of nitrogens with one attached hydrogen (secondary N) is 2. The molecule has 0 radical (unpaired) electrons. The van der Waals surface area contributed by atoms with Crippen LogP contribution in [0, 0.1) is 5.92 Å². The van der Waals surface area contributed by atoms with Gasteiger partial charge in [-0.15, -0.1) is 0 Å². The van der Waals surface area contributed by atoms with E-state index in [0.717, 1.165) is 4.47 Å². The number of hydrogen-bond acceptors (Lipinski definition) is 3. The van der Waals surface area contributed by atoms with E-state index in [1.807, 2.05) is 0 Å². The van der Waals surface area contributed by atoms with Crippen molar-refractivity contribution in [3.8, 4) is 0 Å². The molecule has 2 N–H and O–H groups in total. The lowest BCUT2D eigenvalue weighted by Crippen LogP contribution is -2.48. The summed E-state index contributed by atoms with van der Waals surface area (Å²) < 4.78 is 2.46. The van der Waals surface area contributed by atoms with Gasteiger partial charge in [-0.1, -0.05) is 0 Å². The van der Waals surface area contributed by atoms with Gasteiger partial charge in [0.2, 0.25) is 11.8 Å². The second kappa shape index (κ2) is 6.95. The summed E-state index contributed by atoms with van der Waals surface area (Å²) in [6.07, 6.45) is 2.97. The molecule has 0 spiro atoms. The Labute approximate surface area is 137 Å². The molecule has 0 bridgehead atoms. The zero-order valence-electron chi connectivity index (χ0n) is 12.6. The number of nitrogens with zero attached hydrogens (tertiary/aromatic N) is 2. The number of likely N-dealkylation sites (tertiary alicyclic amines) is 1. The Morgan fingerprint density at radius 2 is 1.86 bits per heavy atom. The molecular weight excluding hydrogens is 352 g/mol. The van der Waals surface area contributed by atoms with Crippen molar-refractivity contribution in [2.75, 3.05) is 13.1 Å². The van der Waals surface area contributed by atoms with Gasteiger partial charge in [-0.3, -0.25) is 25.2 Å². The van der Waals surface area contributed by atoms with Gasteiger partial charge in [-0.2, -0.15) is 0 Å². The van der Waals surface area contributed by atoms with Crippen molar-refractivity contribution in [1.29, 1.82) is 0 Å². The minimum Gasteiger partial charge on any atom is -0.345 e. The molecule has 0 saturated carbocycles. The summed E-state index contributed by atoms with van der Waals surface area (Å²) in [5, 5.41) is 0. The average Bonchev–Trinajstić information content (AvgIpc) is 2.83. The number of aryl methyl sites for hydroxylation is 1. The van der Waals surface area contributed by atoms with Crippen LogP contribution in [0.1, 0.15) is 30.3 Å². The van der Waals surface area contributed by atoms with E-state index in [9.17, 15) is 14.4 Å². The Morgan fingerprint density at radius 1 is 1.23 bits per heavy atom. The lowest BCUT2D eigenvalue weighted by molar-refractivity contribution is -0.134. The van der Waals surface area contributed by atoms with Crippen LogP contribution in [0.25, 0.3) is 0 Å². The maximum atomic E-state index is 12.1. The summed E-state index contributed by atoms with van der Waals surface area (Å²) >= 11 is 3.29. The van der Waals surface area contributed by atoms with Crippen molar-refractivity contribution in [3.63, 3.8) is 0 Å². The van der Waals surface area contributed by atoms with Crippen LogP contribution in [-0.2, 0) is 16.6 Å². The van der Waals surface area contributed by atoms with Gasteiger partial charge >= 0.3 is 0 Å². The molecule has 2 heterocycles. The zero-order valence-corrected chi connectivity index (χ0v) is 14.1. The Balaban J connectivity index is 1.82. The van der Waals surface area contributed by atoms with Gasteiger partial charge in [0.1, 0.15) is 5.69 Å². The molecule has 2 rings (SSSR count). The van der Waals surface area contributed by atoms with Crippen molar-refractivity contribution in [2.24, 2.45) is 13.0 Å². The van der Waals surface area contributed by atoms with Gasteiger partial charge in [-0.25, -0.2) is 0 Å². The van der Waals surface area contributed by atoms with Crippen molar-refractivity contribution in [2.45, 2.75) is 19.8 Å².